The molecule has 0 N–H and O–H groups in total. The first kappa shape index (κ1) is 18.3. The minimum Gasteiger partial charge on any atom is -0.292 e. The van der Waals surface area contributed by atoms with E-state index in [2.05, 4.69) is 4.99 Å². The maximum atomic E-state index is 13.0. The van der Waals surface area contributed by atoms with E-state index in [1.54, 1.807) is 54.7 Å². The molecule has 0 amide bonds. The third-order valence-electron chi connectivity index (χ3n) is 4.69. The number of benzene rings is 3. The minimum absolute atomic E-state index is 0.260. The molecule has 1 heterocycles. The van der Waals surface area contributed by atoms with Gasteiger partial charge in [0.15, 0.2) is 0 Å². The molecular formula is C23H18FNO2S. The highest BCUT2D eigenvalue weighted by molar-refractivity contribution is 7.91. The van der Waals surface area contributed by atoms with E-state index in [0.29, 0.717) is 11.4 Å². The van der Waals surface area contributed by atoms with Crippen molar-refractivity contribution in [3.05, 3.63) is 94.8 Å². The Morgan fingerprint density at radius 2 is 1.43 bits per heavy atom. The van der Waals surface area contributed by atoms with Crippen LogP contribution in [0.2, 0.25) is 0 Å². The molecular weight excluding hydrogens is 373 g/mol. The SMILES string of the molecule is O=S(=O)(c1ccc(/C=C/c2ccc(F)cc2)cc1)c1ccc2c(c1)CCN=C2. The van der Waals surface area contributed by atoms with Crippen molar-refractivity contribution in [2.45, 2.75) is 16.2 Å². The number of nitrogens with zero attached hydrogens (tertiary/aromatic N) is 1. The molecule has 0 spiro atoms. The lowest BCUT2D eigenvalue weighted by molar-refractivity contribution is 0.596. The van der Waals surface area contributed by atoms with Gasteiger partial charge in [-0.15, -0.1) is 0 Å². The van der Waals surface area contributed by atoms with E-state index in [0.717, 1.165) is 28.7 Å². The Balaban J connectivity index is 1.57. The van der Waals surface area contributed by atoms with Crippen LogP contribution < -0.4 is 0 Å². The zero-order chi connectivity index (χ0) is 19.6. The maximum Gasteiger partial charge on any atom is 0.206 e. The number of aliphatic imine (C=N–C) groups is 1. The van der Waals surface area contributed by atoms with Crippen molar-refractivity contribution in [1.29, 1.82) is 0 Å². The van der Waals surface area contributed by atoms with Crippen LogP contribution in [-0.4, -0.2) is 21.2 Å². The van der Waals surface area contributed by atoms with E-state index in [1.807, 2.05) is 18.2 Å². The van der Waals surface area contributed by atoms with E-state index in [1.165, 1.54) is 12.1 Å². The van der Waals surface area contributed by atoms with Gasteiger partial charge in [0.25, 0.3) is 0 Å². The van der Waals surface area contributed by atoms with Crippen LogP contribution in [0.15, 0.2) is 81.5 Å². The van der Waals surface area contributed by atoms with Crippen molar-refractivity contribution >= 4 is 28.2 Å². The second-order valence-electron chi connectivity index (χ2n) is 6.60. The van der Waals surface area contributed by atoms with E-state index in [4.69, 9.17) is 0 Å². The largest absolute Gasteiger partial charge is 0.292 e. The Morgan fingerprint density at radius 1 is 0.821 bits per heavy atom. The van der Waals surface area contributed by atoms with Crippen molar-refractivity contribution in [2.24, 2.45) is 4.99 Å². The molecule has 0 radical (unpaired) electrons. The number of fused-ring (bicyclic) bond motifs is 1. The summed E-state index contributed by atoms with van der Waals surface area (Å²) >= 11 is 0. The first-order chi connectivity index (χ1) is 13.5. The number of rotatable bonds is 4. The van der Waals surface area contributed by atoms with Gasteiger partial charge < -0.3 is 0 Å². The van der Waals surface area contributed by atoms with Gasteiger partial charge in [0.05, 0.1) is 9.79 Å². The zero-order valence-corrected chi connectivity index (χ0v) is 15.9. The molecule has 3 aromatic carbocycles. The van der Waals surface area contributed by atoms with Gasteiger partial charge in [0, 0.05) is 12.8 Å². The second-order valence-corrected chi connectivity index (χ2v) is 8.55. The highest BCUT2D eigenvalue weighted by Crippen LogP contribution is 2.25. The predicted molar refractivity (Wildman–Crippen MR) is 110 cm³/mol. The summed E-state index contributed by atoms with van der Waals surface area (Å²) in [4.78, 5) is 4.78. The molecule has 3 nitrogen and oxygen atoms in total. The normalized spacial score (nSPS) is 13.6. The predicted octanol–water partition coefficient (Wildman–Crippen LogP) is 4.80. The minimum atomic E-state index is -3.57. The van der Waals surface area contributed by atoms with Crippen LogP contribution in [0.25, 0.3) is 12.2 Å². The van der Waals surface area contributed by atoms with Crippen LogP contribution in [0.4, 0.5) is 4.39 Å². The zero-order valence-electron chi connectivity index (χ0n) is 15.0. The van der Waals surface area contributed by atoms with Crippen molar-refractivity contribution < 1.29 is 12.8 Å². The van der Waals surface area contributed by atoms with Gasteiger partial charge in [-0.25, -0.2) is 12.8 Å². The van der Waals surface area contributed by atoms with Crippen molar-refractivity contribution in [1.82, 2.24) is 0 Å². The summed E-state index contributed by atoms with van der Waals surface area (Å²) in [6.07, 6.45) is 6.26. The van der Waals surface area contributed by atoms with Crippen LogP contribution in [0.1, 0.15) is 22.3 Å². The Labute approximate surface area is 163 Å². The molecule has 0 aliphatic carbocycles. The molecule has 0 unspecified atom stereocenters. The molecule has 0 saturated heterocycles. The number of halogens is 1. The van der Waals surface area contributed by atoms with Crippen LogP contribution in [0.5, 0.6) is 0 Å². The average molecular weight is 391 g/mol. The Kier molecular flexibility index (Phi) is 4.92. The third-order valence-corrected chi connectivity index (χ3v) is 6.46. The highest BCUT2D eigenvalue weighted by atomic mass is 32.2. The number of hydrogen-bond donors (Lipinski definition) is 0. The summed E-state index contributed by atoms with van der Waals surface area (Å²) in [5.41, 5.74) is 3.72. The topological polar surface area (TPSA) is 46.5 Å². The molecule has 0 atom stereocenters. The number of hydrogen-bond acceptors (Lipinski definition) is 3. The first-order valence-electron chi connectivity index (χ1n) is 8.94. The maximum absolute atomic E-state index is 13.0. The summed E-state index contributed by atoms with van der Waals surface area (Å²) in [7, 11) is -3.57. The lowest BCUT2D eigenvalue weighted by Gasteiger charge is -2.12. The van der Waals surface area contributed by atoms with Crippen LogP contribution in [0.3, 0.4) is 0 Å². The molecule has 1 aliphatic rings. The number of sulfone groups is 1. The van der Waals surface area contributed by atoms with Crippen LogP contribution in [-0.2, 0) is 16.3 Å². The summed E-state index contributed by atoms with van der Waals surface area (Å²) in [6.45, 7) is 0.686. The lowest BCUT2D eigenvalue weighted by Crippen LogP contribution is -2.07. The first-order valence-corrected chi connectivity index (χ1v) is 10.4. The smallest absolute Gasteiger partial charge is 0.206 e. The summed E-state index contributed by atoms with van der Waals surface area (Å²) in [5, 5.41) is 0. The standard InChI is InChI=1S/C23H18FNO2S/c24-21-8-3-17(4-9-21)1-2-18-5-10-22(11-6-18)28(26,27)23-12-7-20-16-25-14-13-19(20)15-23/h1-12,15-16H,13-14H2/b2-1+. The van der Waals surface area contributed by atoms with Crippen molar-refractivity contribution in [3.63, 3.8) is 0 Å². The molecule has 0 saturated carbocycles. The van der Waals surface area contributed by atoms with Crippen molar-refractivity contribution in [2.75, 3.05) is 6.54 Å². The monoisotopic (exact) mass is 391 g/mol. The third kappa shape index (κ3) is 3.80. The van der Waals surface area contributed by atoms with E-state index >= 15 is 0 Å². The van der Waals surface area contributed by atoms with Gasteiger partial charge in [-0.1, -0.05) is 42.5 Å². The van der Waals surface area contributed by atoms with Gasteiger partial charge in [0.2, 0.25) is 9.84 Å². The van der Waals surface area contributed by atoms with Gasteiger partial charge >= 0.3 is 0 Å². The Morgan fingerprint density at radius 3 is 2.11 bits per heavy atom. The second kappa shape index (κ2) is 7.52. The summed E-state index contributed by atoms with van der Waals surface area (Å²) in [6, 6.07) is 18.1. The van der Waals surface area contributed by atoms with E-state index in [9.17, 15) is 12.8 Å². The molecule has 0 aromatic heterocycles. The molecule has 140 valence electrons. The van der Waals surface area contributed by atoms with Gasteiger partial charge in [-0.3, -0.25) is 4.99 Å². The Bertz CT molecular complexity index is 1160. The molecule has 0 bridgehead atoms. The van der Waals surface area contributed by atoms with Crippen LogP contribution >= 0.6 is 0 Å². The van der Waals surface area contributed by atoms with Crippen molar-refractivity contribution in [3.8, 4) is 0 Å². The lowest BCUT2D eigenvalue weighted by atomic mass is 10.0. The summed E-state index contributed by atoms with van der Waals surface area (Å²) < 4.78 is 38.9. The molecule has 3 aromatic rings. The van der Waals surface area contributed by atoms with E-state index in [-0.39, 0.29) is 10.7 Å². The fourth-order valence-electron chi connectivity index (χ4n) is 3.10. The molecule has 4 rings (SSSR count). The quantitative estimate of drug-likeness (QED) is 0.600. The van der Waals surface area contributed by atoms with Gasteiger partial charge in [-0.05, 0) is 65.1 Å². The molecule has 1 aliphatic heterocycles. The van der Waals surface area contributed by atoms with Crippen LogP contribution in [0, 0.1) is 5.82 Å². The highest BCUT2D eigenvalue weighted by Gasteiger charge is 2.19. The fraction of sp³-hybridized carbons (Fsp3) is 0.0870. The van der Waals surface area contributed by atoms with E-state index < -0.39 is 9.84 Å². The molecule has 0 fully saturated rings. The molecule has 5 heteroatoms. The summed E-state index contributed by atoms with van der Waals surface area (Å²) in [5.74, 6) is -0.277. The molecule has 28 heavy (non-hydrogen) atoms. The fourth-order valence-corrected chi connectivity index (χ4v) is 4.41. The average Bonchev–Trinajstić information content (AvgIpc) is 2.73. The Hall–Kier alpha value is -3.05. The van der Waals surface area contributed by atoms with Gasteiger partial charge in [0.1, 0.15) is 5.82 Å². The van der Waals surface area contributed by atoms with Gasteiger partial charge in [-0.2, -0.15) is 0 Å².